The molecule has 0 aliphatic carbocycles. The Morgan fingerprint density at radius 3 is 2.04 bits per heavy atom. The van der Waals surface area contributed by atoms with E-state index in [4.69, 9.17) is 14.7 Å². The van der Waals surface area contributed by atoms with Crippen molar-refractivity contribution in [2.45, 2.75) is 89.5 Å². The molecule has 1 heterocycles. The molecule has 2 rings (SSSR count). The number of aliphatic hydroxyl groups is 3. The van der Waals surface area contributed by atoms with E-state index in [1.165, 1.54) is 31.2 Å². The molecule has 298 valence electrons. The molecule has 0 aliphatic rings. The summed E-state index contributed by atoms with van der Waals surface area (Å²) in [7, 11) is -5.26. The van der Waals surface area contributed by atoms with Crippen molar-refractivity contribution < 1.29 is 87.8 Å². The lowest BCUT2D eigenvalue weighted by Gasteiger charge is -2.26. The van der Waals surface area contributed by atoms with Gasteiger partial charge < -0.3 is 55.8 Å². The maximum Gasteiger partial charge on any atom is 0.473 e. The van der Waals surface area contributed by atoms with Gasteiger partial charge in [0.05, 0.1) is 24.2 Å². The predicted octanol–water partition coefficient (Wildman–Crippen LogP) is -1.61. The number of nitrogens with zero attached hydrogens (tertiary/aromatic N) is 2. The van der Waals surface area contributed by atoms with Gasteiger partial charge in [0.25, 0.3) is 0 Å². The molecule has 1 aromatic heterocycles. The number of benzene rings is 1. The van der Waals surface area contributed by atoms with Crippen LogP contribution >= 0.6 is 7.82 Å². The van der Waals surface area contributed by atoms with E-state index in [0.29, 0.717) is 5.39 Å². The van der Waals surface area contributed by atoms with E-state index in [2.05, 4.69) is 9.52 Å². The number of phenolic OH excluding ortho intramolecular Hbond substituents is 1. The Morgan fingerprint density at radius 1 is 0.889 bits per heavy atom. The number of ketones is 1. The van der Waals surface area contributed by atoms with Gasteiger partial charge in [0.1, 0.15) is 47.7 Å². The second kappa shape index (κ2) is 19.8. The van der Waals surface area contributed by atoms with Crippen LogP contribution in [-0.2, 0) is 48.9 Å². The molecule has 22 nitrogen and oxygen atoms in total. The summed E-state index contributed by atoms with van der Waals surface area (Å²) < 4.78 is 23.0. The van der Waals surface area contributed by atoms with E-state index in [0.717, 1.165) is 18.4 Å². The molecule has 1 aromatic carbocycles. The Kier molecular flexibility index (Phi) is 16.6. The van der Waals surface area contributed by atoms with Gasteiger partial charge in [-0.2, -0.15) is 4.99 Å². The van der Waals surface area contributed by atoms with Gasteiger partial charge >= 0.3 is 25.7 Å². The van der Waals surface area contributed by atoms with E-state index in [1.54, 1.807) is 0 Å². The third-order valence-corrected chi connectivity index (χ3v) is 8.58. The maximum absolute atomic E-state index is 12.6. The van der Waals surface area contributed by atoms with Gasteiger partial charge in [0.2, 0.25) is 17.7 Å². The summed E-state index contributed by atoms with van der Waals surface area (Å²) in [6.07, 6.45) is -10.3. The molecule has 0 spiro atoms. The lowest BCUT2D eigenvalue weighted by molar-refractivity contribution is -0.144. The summed E-state index contributed by atoms with van der Waals surface area (Å²) in [5.74, 6) is -8.25. The zero-order valence-electron chi connectivity index (χ0n) is 29.0. The van der Waals surface area contributed by atoms with Crippen molar-refractivity contribution in [2.24, 2.45) is 4.99 Å². The van der Waals surface area contributed by atoms with Crippen molar-refractivity contribution >= 4 is 60.1 Å². The quantitative estimate of drug-likeness (QED) is 0.0502. The zero-order valence-corrected chi connectivity index (χ0v) is 29.9. The number of rotatable bonds is 21. The number of carboxylic acids is 3. The number of amides is 3. The third kappa shape index (κ3) is 13.7. The number of hydrogen-bond acceptors (Lipinski definition) is 14. The van der Waals surface area contributed by atoms with Crippen molar-refractivity contribution in [3.63, 3.8) is 0 Å². The zero-order chi connectivity index (χ0) is 41.1. The van der Waals surface area contributed by atoms with Crippen LogP contribution in [0.15, 0.2) is 29.3 Å². The van der Waals surface area contributed by atoms with Gasteiger partial charge in [-0.3, -0.25) is 33.0 Å². The predicted molar refractivity (Wildman–Crippen MR) is 179 cm³/mol. The first-order valence-electron chi connectivity index (χ1n) is 15.9. The highest BCUT2D eigenvalue weighted by Crippen LogP contribution is 2.44. The standard InChI is InChI=1S/C31H41N4O18P/c1-14(36)19-10-17-4-5-18(38)11-22(17)35(28(19)32-16(3)37)12-23(39)27(44)24(40)13-52-54(50,51)53-15(2)29(45)34-21(31(48)49)6-8-25(41)33-20(30(46)47)7-9-26(42)43/h4-5,10-11,15,20-21,23-24,27,38-40,44H,6-9,12-13H2,1-3H3,(H,33,41)(H,34,45)(H,42,43)(H,46,47)(H,48,49)(H,50,51)/b32-28+. The SMILES string of the molecule is CC(=O)/N=c1\c(C(C)=O)cc2ccc(O)cc2n1CC(O)C(O)C(O)COP(=O)(O)OC(C)C(=O)NC(CCC(=O)NC(CCC(=O)O)C(=O)O)C(=O)O. The van der Waals surface area contributed by atoms with Crippen molar-refractivity contribution in [2.75, 3.05) is 6.61 Å². The van der Waals surface area contributed by atoms with Crippen LogP contribution in [0.25, 0.3) is 10.9 Å². The van der Waals surface area contributed by atoms with Crippen molar-refractivity contribution in [3.8, 4) is 5.75 Å². The maximum atomic E-state index is 12.6. The highest BCUT2D eigenvalue weighted by atomic mass is 31.2. The summed E-state index contributed by atoms with van der Waals surface area (Å²) >= 11 is 0. The number of carbonyl (C=O) groups excluding carboxylic acids is 4. The number of aromatic nitrogens is 1. The van der Waals surface area contributed by atoms with Gasteiger partial charge in [-0.1, -0.05) is 0 Å². The highest BCUT2D eigenvalue weighted by molar-refractivity contribution is 7.47. The summed E-state index contributed by atoms with van der Waals surface area (Å²) in [6.45, 7) is 1.38. The molecule has 2 aromatic rings. The third-order valence-electron chi connectivity index (χ3n) is 7.53. The molecule has 23 heteroatoms. The molecular formula is C31H41N4O18P. The molecular weight excluding hydrogens is 747 g/mol. The van der Waals surface area contributed by atoms with Gasteiger partial charge in [0, 0.05) is 25.8 Å². The number of phosphoric ester groups is 1. The van der Waals surface area contributed by atoms with Crippen LogP contribution in [0.2, 0.25) is 0 Å². The number of aliphatic carboxylic acids is 3. The number of phosphoric acid groups is 1. The largest absolute Gasteiger partial charge is 0.508 e. The van der Waals surface area contributed by atoms with Crippen LogP contribution < -0.4 is 16.1 Å². The fourth-order valence-corrected chi connectivity index (χ4v) is 5.69. The number of fused-ring (bicyclic) bond motifs is 1. The van der Waals surface area contributed by atoms with Gasteiger partial charge in [-0.15, -0.1) is 0 Å². The second-order valence-corrected chi connectivity index (χ2v) is 13.3. The highest BCUT2D eigenvalue weighted by Gasteiger charge is 2.34. The van der Waals surface area contributed by atoms with Crippen molar-refractivity contribution in [1.82, 2.24) is 15.2 Å². The number of Topliss-reactive ketones (excluding diaryl/α,β-unsaturated/α-hetero) is 1. The average Bonchev–Trinajstić information content (AvgIpc) is 3.06. The Hall–Kier alpha value is -5.09. The minimum absolute atomic E-state index is 0.0514. The molecule has 7 atom stereocenters. The van der Waals surface area contributed by atoms with E-state index >= 15 is 0 Å². The van der Waals surface area contributed by atoms with Gasteiger partial charge in [-0.25, -0.2) is 14.2 Å². The number of nitrogens with one attached hydrogen (secondary N) is 2. The Bertz CT molecular complexity index is 1880. The number of aliphatic hydroxyl groups excluding tert-OH is 3. The minimum atomic E-state index is -5.26. The molecule has 7 unspecified atom stereocenters. The molecule has 3 amide bonds. The first kappa shape index (κ1) is 45.1. The van der Waals surface area contributed by atoms with Crippen LogP contribution in [0.1, 0.15) is 56.8 Å². The van der Waals surface area contributed by atoms with E-state index in [9.17, 15) is 68.6 Å². The molecule has 0 fully saturated rings. The fraction of sp³-hybridized carbons (Fsp3) is 0.484. The average molecular weight is 789 g/mol. The number of phenols is 1. The molecule has 10 N–H and O–H groups in total. The van der Waals surface area contributed by atoms with Crippen LogP contribution in [0.4, 0.5) is 0 Å². The van der Waals surface area contributed by atoms with E-state index in [-0.39, 0.29) is 22.3 Å². The Balaban J connectivity index is 2.07. The molecule has 0 saturated heterocycles. The monoisotopic (exact) mass is 788 g/mol. The van der Waals surface area contributed by atoms with Crippen LogP contribution in [0, 0.1) is 0 Å². The van der Waals surface area contributed by atoms with Crippen molar-refractivity contribution in [1.29, 1.82) is 0 Å². The van der Waals surface area contributed by atoms with Gasteiger partial charge in [-0.05, 0) is 50.3 Å². The number of aromatic hydroxyl groups is 1. The summed E-state index contributed by atoms with van der Waals surface area (Å²) in [6, 6.07) is 2.01. The summed E-state index contributed by atoms with van der Waals surface area (Å²) in [5.41, 5.74) is -0.131. The molecule has 0 radical (unpaired) electrons. The lowest BCUT2D eigenvalue weighted by Crippen LogP contribution is -2.46. The summed E-state index contributed by atoms with van der Waals surface area (Å²) in [5, 5.41) is 73.7. The first-order valence-corrected chi connectivity index (χ1v) is 17.4. The smallest absolute Gasteiger partial charge is 0.473 e. The summed E-state index contributed by atoms with van der Waals surface area (Å²) in [4.78, 5) is 96.7. The fourth-order valence-electron chi connectivity index (χ4n) is 4.79. The number of pyridine rings is 1. The first-order chi connectivity index (χ1) is 25.0. The topological polar surface area (TPSA) is 358 Å². The molecule has 0 bridgehead atoms. The normalized spacial score (nSPS) is 16.2. The van der Waals surface area contributed by atoms with Crippen LogP contribution in [0.5, 0.6) is 5.75 Å². The number of hydrogen-bond donors (Lipinski definition) is 10. The second-order valence-electron chi connectivity index (χ2n) is 11.9. The van der Waals surface area contributed by atoms with E-state index < -0.39 is 125 Å². The number of carbonyl (C=O) groups is 7. The molecule has 0 saturated carbocycles. The lowest BCUT2D eigenvalue weighted by atomic mass is 10.1. The van der Waals surface area contributed by atoms with Crippen molar-refractivity contribution in [3.05, 3.63) is 35.3 Å². The van der Waals surface area contributed by atoms with Crippen LogP contribution in [0.3, 0.4) is 0 Å². The Labute approximate surface area is 305 Å². The molecule has 0 aliphatic heterocycles. The minimum Gasteiger partial charge on any atom is -0.508 e. The Morgan fingerprint density at radius 2 is 1.48 bits per heavy atom. The van der Waals surface area contributed by atoms with E-state index in [1.807, 2.05) is 10.6 Å². The van der Waals surface area contributed by atoms with Gasteiger partial charge in [0.15, 0.2) is 5.78 Å². The number of carboxylic acid groups (broad SMARTS) is 3. The van der Waals surface area contributed by atoms with Crippen LogP contribution in [-0.4, -0.2) is 130 Å². The molecule has 54 heavy (non-hydrogen) atoms.